The van der Waals surface area contributed by atoms with Crippen LogP contribution >= 0.6 is 0 Å². The first-order valence-corrected chi connectivity index (χ1v) is 8.85. The number of benzene rings is 1. The number of piperidine rings is 1. The van der Waals surface area contributed by atoms with Crippen molar-refractivity contribution in [2.45, 2.75) is 33.1 Å². The molecule has 2 unspecified atom stereocenters. The van der Waals surface area contributed by atoms with E-state index in [0.29, 0.717) is 18.3 Å². The van der Waals surface area contributed by atoms with E-state index < -0.39 is 0 Å². The van der Waals surface area contributed by atoms with Crippen molar-refractivity contribution >= 4 is 22.6 Å². The van der Waals surface area contributed by atoms with E-state index in [1.54, 1.807) is 6.33 Å². The van der Waals surface area contributed by atoms with E-state index in [-0.39, 0.29) is 5.91 Å². The summed E-state index contributed by atoms with van der Waals surface area (Å²) in [6.07, 6.45) is 4.21. The zero-order valence-corrected chi connectivity index (χ0v) is 14.5. The Hall–Kier alpha value is -2.17. The van der Waals surface area contributed by atoms with E-state index in [1.807, 2.05) is 29.2 Å². The Balaban J connectivity index is 1.49. The summed E-state index contributed by atoms with van der Waals surface area (Å²) < 4.78 is 0. The van der Waals surface area contributed by atoms with Gasteiger partial charge >= 0.3 is 0 Å². The molecule has 24 heavy (non-hydrogen) atoms. The maximum absolute atomic E-state index is 12.4. The van der Waals surface area contributed by atoms with E-state index >= 15 is 0 Å². The first kappa shape index (κ1) is 16.7. The van der Waals surface area contributed by atoms with Crippen molar-refractivity contribution in [1.82, 2.24) is 14.9 Å². The van der Waals surface area contributed by atoms with Crippen LogP contribution in [0, 0.1) is 11.8 Å². The number of hydrogen-bond acceptors (Lipinski definition) is 4. The third kappa shape index (κ3) is 4.02. The van der Waals surface area contributed by atoms with Gasteiger partial charge in [-0.1, -0.05) is 26.0 Å². The maximum Gasteiger partial charge on any atom is 0.222 e. The average Bonchev–Trinajstić information content (AvgIpc) is 2.57. The normalized spacial score (nSPS) is 21.0. The number of carbonyl (C=O) groups is 1. The van der Waals surface area contributed by atoms with Crippen LogP contribution in [0.2, 0.25) is 0 Å². The van der Waals surface area contributed by atoms with Crippen molar-refractivity contribution in [3.05, 3.63) is 30.6 Å². The molecule has 0 bridgehead atoms. The minimum Gasteiger partial charge on any atom is -0.369 e. The molecule has 1 fully saturated rings. The SMILES string of the molecule is CC1CC(C)CN(C(=O)CCCNc2ncnc3ccccc23)C1. The van der Waals surface area contributed by atoms with Gasteiger partial charge in [0, 0.05) is 31.4 Å². The molecule has 0 radical (unpaired) electrons. The Kier molecular flexibility index (Phi) is 5.28. The molecule has 0 saturated carbocycles. The number of aromatic nitrogens is 2. The van der Waals surface area contributed by atoms with Crippen LogP contribution in [-0.4, -0.2) is 40.4 Å². The van der Waals surface area contributed by atoms with E-state index in [0.717, 1.165) is 42.8 Å². The smallest absolute Gasteiger partial charge is 0.222 e. The van der Waals surface area contributed by atoms with Crippen LogP contribution in [0.3, 0.4) is 0 Å². The lowest BCUT2D eigenvalue weighted by molar-refractivity contribution is -0.133. The topological polar surface area (TPSA) is 58.1 Å². The van der Waals surface area contributed by atoms with Crippen molar-refractivity contribution in [3.63, 3.8) is 0 Å². The maximum atomic E-state index is 12.4. The average molecular weight is 326 g/mol. The van der Waals surface area contributed by atoms with Crippen LogP contribution in [0.4, 0.5) is 5.82 Å². The van der Waals surface area contributed by atoms with Crippen LogP contribution in [0.5, 0.6) is 0 Å². The summed E-state index contributed by atoms with van der Waals surface area (Å²) in [6, 6.07) is 7.95. The van der Waals surface area contributed by atoms with Crippen LogP contribution in [0.15, 0.2) is 30.6 Å². The van der Waals surface area contributed by atoms with Gasteiger partial charge in [-0.05, 0) is 36.8 Å². The number of rotatable bonds is 5. The fraction of sp³-hybridized carbons (Fsp3) is 0.526. The van der Waals surface area contributed by atoms with Gasteiger partial charge in [0.25, 0.3) is 0 Å². The Labute approximate surface area is 143 Å². The largest absolute Gasteiger partial charge is 0.369 e. The number of carbonyl (C=O) groups excluding carboxylic acids is 1. The second kappa shape index (κ2) is 7.60. The predicted molar refractivity (Wildman–Crippen MR) is 96.8 cm³/mol. The highest BCUT2D eigenvalue weighted by atomic mass is 16.2. The highest BCUT2D eigenvalue weighted by Crippen LogP contribution is 2.22. The summed E-state index contributed by atoms with van der Waals surface area (Å²) in [4.78, 5) is 23.0. The first-order chi connectivity index (χ1) is 11.6. The minimum atomic E-state index is 0.280. The molecule has 2 atom stereocenters. The number of para-hydroxylation sites is 1. The summed E-state index contributed by atoms with van der Waals surface area (Å²) >= 11 is 0. The number of nitrogens with zero attached hydrogens (tertiary/aromatic N) is 3. The fourth-order valence-electron chi connectivity index (χ4n) is 3.62. The molecule has 1 amide bonds. The zero-order chi connectivity index (χ0) is 16.9. The molecular formula is C19H26N4O. The van der Waals surface area contributed by atoms with Gasteiger partial charge in [-0.2, -0.15) is 0 Å². The molecule has 1 aliphatic rings. The van der Waals surface area contributed by atoms with Gasteiger partial charge in [0.05, 0.1) is 5.52 Å². The lowest BCUT2D eigenvalue weighted by Crippen LogP contribution is -2.42. The van der Waals surface area contributed by atoms with Crippen molar-refractivity contribution < 1.29 is 4.79 Å². The molecule has 1 saturated heterocycles. The molecule has 3 rings (SSSR count). The van der Waals surface area contributed by atoms with Gasteiger partial charge in [0.15, 0.2) is 0 Å². The first-order valence-electron chi connectivity index (χ1n) is 8.85. The Bertz CT molecular complexity index is 687. The minimum absolute atomic E-state index is 0.280. The predicted octanol–water partition coefficient (Wildman–Crippen LogP) is 3.33. The number of likely N-dealkylation sites (tertiary alicyclic amines) is 1. The highest BCUT2D eigenvalue weighted by molar-refractivity contribution is 5.88. The van der Waals surface area contributed by atoms with Gasteiger partial charge in [-0.25, -0.2) is 9.97 Å². The molecule has 5 nitrogen and oxygen atoms in total. The standard InChI is InChI=1S/C19H26N4O/c1-14-10-15(2)12-23(11-14)18(24)8-5-9-20-19-16-6-3-4-7-17(16)21-13-22-19/h3-4,6-7,13-15H,5,8-12H2,1-2H3,(H,20,21,22). The van der Waals surface area contributed by atoms with Gasteiger partial charge in [0.2, 0.25) is 5.91 Å². The number of anilines is 1. The van der Waals surface area contributed by atoms with Crippen LogP contribution in [0.25, 0.3) is 10.9 Å². The van der Waals surface area contributed by atoms with Crippen LogP contribution < -0.4 is 5.32 Å². The second-order valence-corrected chi connectivity index (χ2v) is 7.01. The lowest BCUT2D eigenvalue weighted by Gasteiger charge is -2.35. The lowest BCUT2D eigenvalue weighted by atomic mass is 9.91. The fourth-order valence-corrected chi connectivity index (χ4v) is 3.62. The summed E-state index contributed by atoms with van der Waals surface area (Å²) in [6.45, 7) is 7.03. The molecule has 1 aromatic heterocycles. The van der Waals surface area contributed by atoms with Gasteiger partial charge in [-0.3, -0.25) is 4.79 Å². The Morgan fingerprint density at radius 2 is 1.96 bits per heavy atom. The van der Waals surface area contributed by atoms with Gasteiger partial charge < -0.3 is 10.2 Å². The van der Waals surface area contributed by atoms with Gasteiger partial charge in [0.1, 0.15) is 12.1 Å². The molecular weight excluding hydrogens is 300 g/mol. The number of nitrogens with one attached hydrogen (secondary N) is 1. The van der Waals surface area contributed by atoms with Gasteiger partial charge in [-0.15, -0.1) is 0 Å². The van der Waals surface area contributed by atoms with E-state index in [1.165, 1.54) is 6.42 Å². The van der Waals surface area contributed by atoms with Crippen molar-refractivity contribution in [2.75, 3.05) is 25.0 Å². The number of hydrogen-bond donors (Lipinski definition) is 1. The summed E-state index contributed by atoms with van der Waals surface area (Å²) in [5.41, 5.74) is 0.933. The van der Waals surface area contributed by atoms with E-state index in [9.17, 15) is 4.79 Å². The Morgan fingerprint density at radius 3 is 2.75 bits per heavy atom. The van der Waals surface area contributed by atoms with Crippen molar-refractivity contribution in [2.24, 2.45) is 11.8 Å². The monoisotopic (exact) mass is 326 g/mol. The molecule has 1 N–H and O–H groups in total. The zero-order valence-electron chi connectivity index (χ0n) is 14.5. The van der Waals surface area contributed by atoms with Crippen molar-refractivity contribution in [3.8, 4) is 0 Å². The second-order valence-electron chi connectivity index (χ2n) is 7.01. The van der Waals surface area contributed by atoms with Crippen molar-refractivity contribution in [1.29, 1.82) is 0 Å². The molecule has 2 heterocycles. The molecule has 128 valence electrons. The summed E-state index contributed by atoms with van der Waals surface area (Å²) in [5, 5.41) is 4.36. The number of fused-ring (bicyclic) bond motifs is 1. The molecule has 0 spiro atoms. The van der Waals surface area contributed by atoms with Crippen LogP contribution in [0.1, 0.15) is 33.1 Å². The molecule has 0 aliphatic carbocycles. The van der Waals surface area contributed by atoms with Crippen LogP contribution in [-0.2, 0) is 4.79 Å². The Morgan fingerprint density at radius 1 is 1.21 bits per heavy atom. The molecule has 1 aromatic carbocycles. The summed E-state index contributed by atoms with van der Waals surface area (Å²) in [7, 11) is 0. The molecule has 2 aromatic rings. The molecule has 5 heteroatoms. The van der Waals surface area contributed by atoms with E-state index in [2.05, 4.69) is 29.1 Å². The molecule has 1 aliphatic heterocycles. The third-order valence-corrected chi connectivity index (χ3v) is 4.62. The number of amides is 1. The highest BCUT2D eigenvalue weighted by Gasteiger charge is 2.24. The third-order valence-electron chi connectivity index (χ3n) is 4.62. The quantitative estimate of drug-likeness (QED) is 0.856. The van der Waals surface area contributed by atoms with E-state index in [4.69, 9.17) is 0 Å². The summed E-state index contributed by atoms with van der Waals surface area (Å²) in [5.74, 6) is 2.35.